The fraction of sp³-hybridized carbons (Fsp3) is 0.128. The van der Waals surface area contributed by atoms with E-state index >= 15 is 0 Å². The molecular formula is C47H39Cl2N3O7S. The van der Waals surface area contributed by atoms with Crippen molar-refractivity contribution in [2.75, 3.05) is 19.5 Å². The third kappa shape index (κ3) is 9.50. The first-order valence-corrected chi connectivity index (χ1v) is 20.3. The Bertz CT molecular complexity index is 2440. The second-order valence-corrected chi connectivity index (χ2v) is 14.9. The lowest BCUT2D eigenvalue weighted by molar-refractivity contribution is -0.129. The van der Waals surface area contributed by atoms with Crippen molar-refractivity contribution in [3.05, 3.63) is 200 Å². The molecule has 0 radical (unpaired) electrons. The SMILES string of the molecule is COc1ccc(COc2c(Cl)cc(CO/N=C(\C(=O)O)c3csc(NC(c4ccccc4)(c4ccccc4)c4ccccc4)n3)c(Cl)c2OCc2ccc(OC)cc2)cc1. The number of hydrogen-bond acceptors (Lipinski definition) is 10. The average Bonchev–Trinajstić information content (AvgIpc) is 3.75. The summed E-state index contributed by atoms with van der Waals surface area (Å²) in [7, 11) is 3.19. The van der Waals surface area contributed by atoms with Gasteiger partial charge in [0.15, 0.2) is 16.6 Å². The molecule has 0 spiro atoms. The standard InChI is InChI=1S/C47H39Cl2N3O7S/c1-55-37-22-18-31(19-23-37)27-57-43-39(48)26-33(41(49)44(43)58-28-32-20-24-38(56-2)25-21-32)29-59-52-42(45(53)54)40-30-60-46(50-40)51-47(34-12-6-3-7-13-34,35-14-8-4-9-15-35)36-16-10-5-11-17-36/h3-26,30H,27-29H2,1-2H3,(H,50,51)(H,53,54)/b52-42-. The van der Waals surface area contributed by atoms with Crippen LogP contribution in [0.3, 0.4) is 0 Å². The smallest absolute Gasteiger partial charge is 0.360 e. The van der Waals surface area contributed by atoms with Gasteiger partial charge >= 0.3 is 5.97 Å². The van der Waals surface area contributed by atoms with Crippen LogP contribution in [0.1, 0.15) is 39.1 Å². The number of carbonyl (C=O) groups is 1. The van der Waals surface area contributed by atoms with Crippen LogP contribution in [-0.2, 0) is 35.0 Å². The Morgan fingerprint density at radius 1 is 0.700 bits per heavy atom. The highest BCUT2D eigenvalue weighted by Gasteiger charge is 2.37. The molecule has 0 unspecified atom stereocenters. The molecule has 1 aromatic heterocycles. The number of anilines is 1. The molecule has 0 aliphatic heterocycles. The van der Waals surface area contributed by atoms with Crippen LogP contribution in [0.2, 0.25) is 10.0 Å². The number of aromatic nitrogens is 1. The summed E-state index contributed by atoms with van der Waals surface area (Å²) in [4.78, 5) is 23.0. The highest BCUT2D eigenvalue weighted by atomic mass is 35.5. The number of methoxy groups -OCH3 is 2. The molecule has 60 heavy (non-hydrogen) atoms. The van der Waals surface area contributed by atoms with Crippen molar-refractivity contribution < 1.29 is 33.7 Å². The summed E-state index contributed by atoms with van der Waals surface area (Å²) < 4.78 is 23.0. The second kappa shape index (κ2) is 19.5. The molecule has 2 N–H and O–H groups in total. The normalized spacial score (nSPS) is 11.4. The van der Waals surface area contributed by atoms with Gasteiger partial charge in [-0.05, 0) is 58.1 Å². The third-order valence-electron chi connectivity index (χ3n) is 9.53. The van der Waals surface area contributed by atoms with Crippen molar-refractivity contribution in [2.24, 2.45) is 5.16 Å². The largest absolute Gasteiger partial charge is 0.497 e. The van der Waals surface area contributed by atoms with E-state index in [4.69, 9.17) is 52.0 Å². The van der Waals surface area contributed by atoms with Crippen LogP contribution in [0.4, 0.5) is 5.13 Å². The monoisotopic (exact) mass is 859 g/mol. The number of rotatable bonds is 18. The van der Waals surface area contributed by atoms with E-state index in [1.165, 1.54) is 11.3 Å². The van der Waals surface area contributed by atoms with Crippen molar-refractivity contribution in [2.45, 2.75) is 25.4 Å². The number of hydrogen-bond donors (Lipinski definition) is 2. The number of thiazole rings is 1. The summed E-state index contributed by atoms with van der Waals surface area (Å²) in [6.45, 7) is 0.0426. The molecule has 0 amide bonds. The molecule has 7 aromatic rings. The van der Waals surface area contributed by atoms with Gasteiger partial charge in [0.1, 0.15) is 42.6 Å². The Hall–Kier alpha value is -6.53. The molecule has 0 fully saturated rings. The predicted molar refractivity (Wildman–Crippen MR) is 235 cm³/mol. The van der Waals surface area contributed by atoms with Gasteiger partial charge in [0, 0.05) is 10.9 Å². The number of nitrogens with one attached hydrogen (secondary N) is 1. The van der Waals surface area contributed by atoms with E-state index in [1.54, 1.807) is 25.7 Å². The van der Waals surface area contributed by atoms with Gasteiger partial charge in [-0.2, -0.15) is 0 Å². The lowest BCUT2D eigenvalue weighted by Gasteiger charge is -2.36. The summed E-state index contributed by atoms with van der Waals surface area (Å²) in [5.41, 5.74) is 3.82. The van der Waals surface area contributed by atoms with Crippen molar-refractivity contribution in [1.29, 1.82) is 0 Å². The Balaban J connectivity index is 1.15. The zero-order valence-corrected chi connectivity index (χ0v) is 34.8. The lowest BCUT2D eigenvalue weighted by Crippen LogP contribution is -2.38. The molecule has 0 saturated carbocycles. The first kappa shape index (κ1) is 41.6. The van der Waals surface area contributed by atoms with Crippen LogP contribution in [0.5, 0.6) is 23.0 Å². The maximum Gasteiger partial charge on any atom is 0.360 e. The quantitative estimate of drug-likeness (QED) is 0.0493. The maximum atomic E-state index is 12.6. The molecule has 0 bridgehead atoms. The molecule has 6 aromatic carbocycles. The van der Waals surface area contributed by atoms with E-state index in [0.29, 0.717) is 22.2 Å². The predicted octanol–water partition coefficient (Wildman–Crippen LogP) is 11.0. The average molecular weight is 861 g/mol. The van der Waals surface area contributed by atoms with Gasteiger partial charge in [0.2, 0.25) is 5.71 Å². The number of carboxylic acids is 1. The van der Waals surface area contributed by atoms with Gasteiger partial charge in [-0.3, -0.25) is 0 Å². The first-order chi connectivity index (χ1) is 29.3. The van der Waals surface area contributed by atoms with Crippen LogP contribution >= 0.6 is 34.5 Å². The Kier molecular flexibility index (Phi) is 13.5. The van der Waals surface area contributed by atoms with Gasteiger partial charge in [-0.15, -0.1) is 11.3 Å². The molecule has 10 nitrogen and oxygen atoms in total. The highest BCUT2D eigenvalue weighted by Crippen LogP contribution is 2.45. The molecule has 13 heteroatoms. The number of carboxylic acid groups (broad SMARTS) is 1. The molecule has 0 aliphatic carbocycles. The summed E-state index contributed by atoms with van der Waals surface area (Å²) in [6, 6.07) is 46.4. The summed E-state index contributed by atoms with van der Waals surface area (Å²) >= 11 is 15.0. The number of oxime groups is 1. The molecule has 0 aliphatic rings. The van der Waals surface area contributed by atoms with Gasteiger partial charge in [-0.1, -0.05) is 144 Å². The minimum Gasteiger partial charge on any atom is -0.497 e. The van der Waals surface area contributed by atoms with Crippen molar-refractivity contribution in [3.8, 4) is 23.0 Å². The minimum absolute atomic E-state index is 0.105. The van der Waals surface area contributed by atoms with Crippen LogP contribution in [-0.4, -0.2) is 36.0 Å². The van der Waals surface area contributed by atoms with Gasteiger partial charge in [-0.25, -0.2) is 9.78 Å². The fourth-order valence-electron chi connectivity index (χ4n) is 6.50. The number of ether oxygens (including phenoxy) is 4. The van der Waals surface area contributed by atoms with Gasteiger partial charge in [0.25, 0.3) is 0 Å². The molecule has 1 heterocycles. The summed E-state index contributed by atoms with van der Waals surface area (Å²) in [5, 5.41) is 20.5. The van der Waals surface area contributed by atoms with E-state index < -0.39 is 17.2 Å². The Labute approximate surface area is 361 Å². The van der Waals surface area contributed by atoms with Gasteiger partial charge in [0.05, 0.1) is 24.3 Å². The minimum atomic E-state index is -1.33. The maximum absolute atomic E-state index is 12.6. The topological polar surface area (TPSA) is 121 Å². The van der Waals surface area contributed by atoms with Crippen molar-refractivity contribution >= 4 is 51.4 Å². The highest BCUT2D eigenvalue weighted by molar-refractivity contribution is 7.14. The molecule has 304 valence electrons. The van der Waals surface area contributed by atoms with Gasteiger partial charge < -0.3 is 34.2 Å². The lowest BCUT2D eigenvalue weighted by atomic mass is 9.77. The van der Waals surface area contributed by atoms with E-state index in [2.05, 4.69) is 10.5 Å². The van der Waals surface area contributed by atoms with E-state index in [-0.39, 0.29) is 47.1 Å². The molecule has 0 saturated heterocycles. The zero-order valence-electron chi connectivity index (χ0n) is 32.5. The number of nitrogens with zero attached hydrogens (tertiary/aromatic N) is 2. The van der Waals surface area contributed by atoms with Crippen LogP contribution in [0, 0.1) is 0 Å². The Morgan fingerprint density at radius 2 is 1.18 bits per heavy atom. The number of aliphatic carboxylic acids is 1. The number of halogens is 2. The summed E-state index contributed by atoms with van der Waals surface area (Å²) in [5.74, 6) is 0.494. The summed E-state index contributed by atoms with van der Waals surface area (Å²) in [6.07, 6.45) is 0. The second-order valence-electron chi connectivity index (χ2n) is 13.3. The van der Waals surface area contributed by atoms with Crippen LogP contribution < -0.4 is 24.3 Å². The fourth-order valence-corrected chi connectivity index (χ4v) is 7.77. The Morgan fingerprint density at radius 3 is 1.65 bits per heavy atom. The third-order valence-corrected chi connectivity index (χ3v) is 11.0. The van der Waals surface area contributed by atoms with Crippen LogP contribution in [0.15, 0.2) is 156 Å². The van der Waals surface area contributed by atoms with E-state index in [1.807, 2.05) is 140 Å². The van der Waals surface area contributed by atoms with Crippen molar-refractivity contribution in [3.63, 3.8) is 0 Å². The zero-order chi connectivity index (χ0) is 41.9. The molecule has 0 atom stereocenters. The van der Waals surface area contributed by atoms with Crippen LogP contribution in [0.25, 0.3) is 0 Å². The molecular weight excluding hydrogens is 822 g/mol. The molecule has 7 rings (SSSR count). The van der Waals surface area contributed by atoms with E-state index in [9.17, 15) is 9.90 Å². The first-order valence-electron chi connectivity index (χ1n) is 18.6. The number of benzene rings is 6. The van der Waals surface area contributed by atoms with Crippen molar-refractivity contribution in [1.82, 2.24) is 4.98 Å². The van der Waals surface area contributed by atoms with E-state index in [0.717, 1.165) is 27.8 Å².